The van der Waals surface area contributed by atoms with Gasteiger partial charge in [0, 0.05) is 0 Å². The van der Waals surface area contributed by atoms with Gasteiger partial charge in [-0.2, -0.15) is 21.6 Å². The zero-order chi connectivity index (χ0) is 18.0. The Labute approximate surface area is 135 Å². The predicted molar refractivity (Wildman–Crippen MR) is 80.0 cm³/mol. The molecule has 0 unspecified atom stereocenters. The molecule has 0 aliphatic heterocycles. The third-order valence-electron chi connectivity index (χ3n) is 3.08. The zero-order valence-corrected chi connectivity index (χ0v) is 12.9. The Hall–Kier alpha value is -2.39. The third-order valence-corrected chi connectivity index (χ3v) is 4.00. The Morgan fingerprint density at radius 3 is 2.17 bits per heavy atom. The Morgan fingerprint density at radius 1 is 1.04 bits per heavy atom. The van der Waals surface area contributed by atoms with E-state index in [9.17, 15) is 26.4 Å². The van der Waals surface area contributed by atoms with Crippen LogP contribution in [0.4, 0.5) is 18.9 Å². The minimum Gasteiger partial charge on any atom is -0.325 e. The summed E-state index contributed by atoms with van der Waals surface area (Å²) in [6.45, 7) is 0. The summed E-state index contributed by atoms with van der Waals surface area (Å²) in [4.78, 5) is 11.5. The van der Waals surface area contributed by atoms with E-state index in [1.54, 1.807) is 0 Å². The summed E-state index contributed by atoms with van der Waals surface area (Å²) in [5.74, 6) is -0.633. The summed E-state index contributed by atoms with van der Waals surface area (Å²) >= 11 is 0. The smallest absolute Gasteiger partial charge is 0.325 e. The van der Waals surface area contributed by atoms with Crippen LogP contribution in [0.25, 0.3) is 0 Å². The molecule has 0 atom stereocenters. The molecule has 2 N–H and O–H groups in total. The second-order valence-corrected chi connectivity index (χ2v) is 6.28. The van der Waals surface area contributed by atoms with E-state index >= 15 is 0 Å². The molecule has 0 spiro atoms. The molecule has 0 bridgehead atoms. The van der Waals surface area contributed by atoms with Gasteiger partial charge in [-0.1, -0.05) is 24.3 Å². The van der Waals surface area contributed by atoms with Gasteiger partial charge in [-0.05, 0) is 29.8 Å². The molecule has 0 aliphatic carbocycles. The SMILES string of the molecule is O=C(Cc1ccc(C(F)(F)F)cc1)Nc1ccccc1S(=O)(=O)O. The average Bonchev–Trinajstić information content (AvgIpc) is 2.46. The molecule has 0 aromatic heterocycles. The first-order chi connectivity index (χ1) is 11.1. The second kappa shape index (κ2) is 6.62. The van der Waals surface area contributed by atoms with Crippen LogP contribution in [-0.4, -0.2) is 18.9 Å². The first-order valence-electron chi connectivity index (χ1n) is 6.60. The number of hydrogen-bond acceptors (Lipinski definition) is 3. The Bertz CT molecular complexity index is 846. The first-order valence-corrected chi connectivity index (χ1v) is 8.04. The summed E-state index contributed by atoms with van der Waals surface area (Å²) < 4.78 is 68.9. The quantitative estimate of drug-likeness (QED) is 0.822. The summed E-state index contributed by atoms with van der Waals surface area (Å²) in [7, 11) is -4.51. The maximum Gasteiger partial charge on any atom is 0.416 e. The number of alkyl halides is 3. The molecule has 0 saturated carbocycles. The zero-order valence-electron chi connectivity index (χ0n) is 12.0. The molecular formula is C15H12F3NO4S. The molecule has 2 rings (SSSR count). The summed E-state index contributed by atoms with van der Waals surface area (Å²) in [5, 5.41) is 2.31. The van der Waals surface area contributed by atoms with E-state index < -0.39 is 32.7 Å². The second-order valence-electron chi connectivity index (χ2n) is 4.89. The van der Waals surface area contributed by atoms with Crippen LogP contribution >= 0.6 is 0 Å². The molecule has 5 nitrogen and oxygen atoms in total. The number of carbonyl (C=O) groups is 1. The van der Waals surface area contributed by atoms with Crippen molar-refractivity contribution in [3.8, 4) is 0 Å². The number of amides is 1. The Morgan fingerprint density at radius 2 is 1.62 bits per heavy atom. The van der Waals surface area contributed by atoms with Crippen molar-refractivity contribution in [3.63, 3.8) is 0 Å². The molecule has 2 aromatic carbocycles. The molecular weight excluding hydrogens is 347 g/mol. The van der Waals surface area contributed by atoms with Gasteiger partial charge in [0.15, 0.2) is 0 Å². The lowest BCUT2D eigenvalue weighted by molar-refractivity contribution is -0.137. The lowest BCUT2D eigenvalue weighted by Crippen LogP contribution is -2.16. The number of hydrogen-bond donors (Lipinski definition) is 2. The van der Waals surface area contributed by atoms with E-state index in [2.05, 4.69) is 5.32 Å². The fourth-order valence-electron chi connectivity index (χ4n) is 1.99. The summed E-state index contributed by atoms with van der Waals surface area (Å²) in [6.07, 6.45) is -4.72. The van der Waals surface area contributed by atoms with Crippen molar-refractivity contribution in [2.75, 3.05) is 5.32 Å². The lowest BCUT2D eigenvalue weighted by Gasteiger charge is -2.10. The Balaban J connectivity index is 2.12. The van der Waals surface area contributed by atoms with Crippen LogP contribution in [0.3, 0.4) is 0 Å². The van der Waals surface area contributed by atoms with Crippen molar-refractivity contribution in [1.29, 1.82) is 0 Å². The van der Waals surface area contributed by atoms with Crippen LogP contribution in [0, 0.1) is 0 Å². The van der Waals surface area contributed by atoms with Gasteiger partial charge in [-0.15, -0.1) is 0 Å². The van der Waals surface area contributed by atoms with E-state index in [0.29, 0.717) is 5.56 Å². The molecule has 9 heteroatoms. The average molecular weight is 359 g/mol. The monoisotopic (exact) mass is 359 g/mol. The molecule has 0 fully saturated rings. The molecule has 0 saturated heterocycles. The highest BCUT2D eigenvalue weighted by Gasteiger charge is 2.30. The van der Waals surface area contributed by atoms with E-state index in [4.69, 9.17) is 4.55 Å². The van der Waals surface area contributed by atoms with Gasteiger partial charge in [-0.3, -0.25) is 9.35 Å². The molecule has 0 aliphatic rings. The predicted octanol–water partition coefficient (Wildman–Crippen LogP) is 3.13. The third kappa shape index (κ3) is 4.56. The van der Waals surface area contributed by atoms with Crippen molar-refractivity contribution in [1.82, 2.24) is 0 Å². The number of nitrogens with one attached hydrogen (secondary N) is 1. The normalized spacial score (nSPS) is 12.0. The van der Waals surface area contributed by atoms with Gasteiger partial charge >= 0.3 is 6.18 Å². The van der Waals surface area contributed by atoms with Crippen molar-refractivity contribution in [2.45, 2.75) is 17.5 Å². The number of halogens is 3. The van der Waals surface area contributed by atoms with Gasteiger partial charge < -0.3 is 5.32 Å². The number of carbonyl (C=O) groups excluding carboxylic acids is 1. The molecule has 0 heterocycles. The highest BCUT2D eigenvalue weighted by Crippen LogP contribution is 2.29. The number of rotatable bonds is 4. The van der Waals surface area contributed by atoms with Crippen LogP contribution in [0.2, 0.25) is 0 Å². The van der Waals surface area contributed by atoms with Gasteiger partial charge in [0.25, 0.3) is 10.1 Å². The van der Waals surface area contributed by atoms with Gasteiger partial charge in [0.05, 0.1) is 17.7 Å². The molecule has 2 aromatic rings. The van der Waals surface area contributed by atoms with Crippen LogP contribution in [0.1, 0.15) is 11.1 Å². The minimum absolute atomic E-state index is 0.114. The van der Waals surface area contributed by atoms with Crippen molar-refractivity contribution < 1.29 is 30.9 Å². The summed E-state index contributed by atoms with van der Waals surface area (Å²) in [6, 6.07) is 9.27. The standard InChI is InChI=1S/C15H12F3NO4S/c16-15(17,18)11-7-5-10(6-8-11)9-14(20)19-12-3-1-2-4-13(12)24(21,22)23/h1-8H,9H2,(H,19,20)(H,21,22,23). The van der Waals surface area contributed by atoms with Crippen LogP contribution in [0.15, 0.2) is 53.4 Å². The highest BCUT2D eigenvalue weighted by atomic mass is 32.2. The fourth-order valence-corrected chi connectivity index (χ4v) is 2.63. The Kier molecular flexibility index (Phi) is 4.95. The minimum atomic E-state index is -4.51. The molecule has 24 heavy (non-hydrogen) atoms. The van der Waals surface area contributed by atoms with Gasteiger partial charge in [-0.25, -0.2) is 0 Å². The maximum absolute atomic E-state index is 12.5. The lowest BCUT2D eigenvalue weighted by atomic mass is 10.1. The number of para-hydroxylation sites is 1. The van der Waals surface area contributed by atoms with Crippen LogP contribution in [-0.2, 0) is 27.5 Å². The van der Waals surface area contributed by atoms with Crippen molar-refractivity contribution >= 4 is 21.7 Å². The fraction of sp³-hybridized carbons (Fsp3) is 0.133. The van der Waals surface area contributed by atoms with Crippen molar-refractivity contribution in [2.24, 2.45) is 0 Å². The molecule has 0 radical (unpaired) electrons. The van der Waals surface area contributed by atoms with Crippen molar-refractivity contribution in [3.05, 3.63) is 59.7 Å². The van der Waals surface area contributed by atoms with Crippen LogP contribution in [0.5, 0.6) is 0 Å². The topological polar surface area (TPSA) is 83.5 Å². The van der Waals surface area contributed by atoms with E-state index in [1.807, 2.05) is 0 Å². The number of benzene rings is 2. The van der Waals surface area contributed by atoms with E-state index in [-0.39, 0.29) is 12.1 Å². The van der Waals surface area contributed by atoms with E-state index in [1.165, 1.54) is 18.2 Å². The molecule has 1 amide bonds. The maximum atomic E-state index is 12.5. The summed E-state index contributed by atoms with van der Waals surface area (Å²) in [5.41, 5.74) is -0.620. The van der Waals surface area contributed by atoms with Gasteiger partial charge in [0.2, 0.25) is 5.91 Å². The van der Waals surface area contributed by atoms with Gasteiger partial charge in [0.1, 0.15) is 4.90 Å². The highest BCUT2D eigenvalue weighted by molar-refractivity contribution is 7.86. The van der Waals surface area contributed by atoms with Crippen LogP contribution < -0.4 is 5.32 Å². The largest absolute Gasteiger partial charge is 0.416 e. The van der Waals surface area contributed by atoms with E-state index in [0.717, 1.165) is 30.3 Å². The first kappa shape index (κ1) is 18.0. The number of anilines is 1. The molecule has 128 valence electrons.